The van der Waals surface area contributed by atoms with Gasteiger partial charge < -0.3 is 20.5 Å². The second kappa shape index (κ2) is 9.40. The molecule has 3 N–H and O–H groups in total. The number of fused-ring (bicyclic) bond motifs is 1. The predicted molar refractivity (Wildman–Crippen MR) is 127 cm³/mol. The van der Waals surface area contributed by atoms with Gasteiger partial charge in [-0.3, -0.25) is 4.98 Å². The highest BCUT2D eigenvalue weighted by Gasteiger charge is 2.21. The topological polar surface area (TPSA) is 83.5 Å². The molecular formula is C26H29N3O3. The molecule has 0 saturated heterocycles. The summed E-state index contributed by atoms with van der Waals surface area (Å²) in [6.07, 6.45) is 4.00. The lowest BCUT2D eigenvalue weighted by Gasteiger charge is -2.28. The number of anilines is 1. The smallest absolute Gasteiger partial charge is 0.337 e. The highest BCUT2D eigenvalue weighted by Crippen LogP contribution is 2.35. The Labute approximate surface area is 188 Å². The van der Waals surface area contributed by atoms with E-state index in [4.69, 9.17) is 4.74 Å². The summed E-state index contributed by atoms with van der Waals surface area (Å²) < 4.78 is 5.70. The number of pyridine rings is 1. The van der Waals surface area contributed by atoms with Gasteiger partial charge in [-0.2, -0.15) is 0 Å². The molecular weight excluding hydrogens is 402 g/mol. The van der Waals surface area contributed by atoms with Crippen LogP contribution in [0.5, 0.6) is 5.75 Å². The molecule has 0 saturated carbocycles. The Kier molecular flexibility index (Phi) is 6.42. The fourth-order valence-electron chi connectivity index (χ4n) is 4.24. The van der Waals surface area contributed by atoms with Crippen molar-refractivity contribution < 1.29 is 14.6 Å². The van der Waals surface area contributed by atoms with Gasteiger partial charge in [-0.15, -0.1) is 0 Å². The first kappa shape index (κ1) is 21.8. The molecule has 0 unspecified atom stereocenters. The van der Waals surface area contributed by atoms with Crippen LogP contribution in [0.15, 0.2) is 54.9 Å². The number of aromatic nitrogens is 1. The predicted octanol–water partition coefficient (Wildman–Crippen LogP) is 4.88. The number of carboxylic acid groups (broad SMARTS) is 1. The summed E-state index contributed by atoms with van der Waals surface area (Å²) in [5.41, 5.74) is 6.77. The molecule has 3 aromatic rings. The molecule has 0 bridgehead atoms. The number of aromatic carboxylic acids is 1. The van der Waals surface area contributed by atoms with Gasteiger partial charge >= 0.3 is 5.97 Å². The lowest BCUT2D eigenvalue weighted by Crippen LogP contribution is -2.34. The number of carboxylic acids is 1. The number of methoxy groups -OCH3 is 1. The Morgan fingerprint density at radius 1 is 1.25 bits per heavy atom. The van der Waals surface area contributed by atoms with Crippen LogP contribution in [0.2, 0.25) is 0 Å². The largest absolute Gasteiger partial charge is 0.496 e. The van der Waals surface area contributed by atoms with Crippen molar-refractivity contribution in [2.45, 2.75) is 32.2 Å². The second-order valence-corrected chi connectivity index (χ2v) is 8.39. The molecule has 1 atom stereocenters. The number of rotatable bonds is 7. The van der Waals surface area contributed by atoms with Crippen LogP contribution >= 0.6 is 0 Å². The molecule has 0 amide bonds. The maximum absolute atomic E-state index is 11.5. The zero-order valence-electron chi connectivity index (χ0n) is 18.7. The van der Waals surface area contributed by atoms with Crippen molar-refractivity contribution in [3.8, 4) is 16.9 Å². The van der Waals surface area contributed by atoms with Gasteiger partial charge in [0, 0.05) is 24.3 Å². The standard InChI is InChI=1S/C26H29N3O3/c1-16(2)17-4-7-21(25(13-17)32-3)18-5-6-20-19(12-18)8-11-28-24(20)15-29-23-14-27-10-9-22(23)26(30)31/h4-7,9-10,12-14,16,24,28-29H,8,11,15H2,1-3H3,(H,30,31)/t24-/m1/s1. The molecule has 0 radical (unpaired) electrons. The summed E-state index contributed by atoms with van der Waals surface area (Å²) in [6, 6.07) is 14.6. The molecule has 2 heterocycles. The summed E-state index contributed by atoms with van der Waals surface area (Å²) in [4.78, 5) is 15.5. The Balaban J connectivity index is 1.58. The molecule has 1 aliphatic heterocycles. The van der Waals surface area contributed by atoms with Gasteiger partial charge in [0.05, 0.1) is 24.6 Å². The van der Waals surface area contributed by atoms with Gasteiger partial charge in [0.2, 0.25) is 0 Å². The third-order valence-corrected chi connectivity index (χ3v) is 6.05. The molecule has 32 heavy (non-hydrogen) atoms. The first-order valence-electron chi connectivity index (χ1n) is 10.9. The van der Waals surface area contributed by atoms with E-state index in [1.54, 1.807) is 13.3 Å². The van der Waals surface area contributed by atoms with E-state index in [1.807, 2.05) is 0 Å². The minimum Gasteiger partial charge on any atom is -0.496 e. The quantitative estimate of drug-likeness (QED) is 0.495. The van der Waals surface area contributed by atoms with Crippen LogP contribution in [-0.4, -0.2) is 36.3 Å². The van der Waals surface area contributed by atoms with E-state index in [0.29, 0.717) is 18.2 Å². The van der Waals surface area contributed by atoms with E-state index in [9.17, 15) is 9.90 Å². The Morgan fingerprint density at radius 2 is 2.09 bits per heavy atom. The molecule has 4 rings (SSSR count). The zero-order valence-corrected chi connectivity index (χ0v) is 18.7. The number of nitrogens with one attached hydrogen (secondary N) is 2. The lowest BCUT2D eigenvalue weighted by atomic mass is 9.90. The average molecular weight is 432 g/mol. The maximum Gasteiger partial charge on any atom is 0.337 e. The van der Waals surface area contributed by atoms with Crippen molar-refractivity contribution in [3.05, 3.63) is 77.1 Å². The molecule has 0 spiro atoms. The van der Waals surface area contributed by atoms with Crippen LogP contribution < -0.4 is 15.4 Å². The summed E-state index contributed by atoms with van der Waals surface area (Å²) in [6.45, 7) is 5.80. The highest BCUT2D eigenvalue weighted by molar-refractivity contribution is 5.93. The van der Waals surface area contributed by atoms with Crippen molar-refractivity contribution in [1.82, 2.24) is 10.3 Å². The van der Waals surface area contributed by atoms with E-state index < -0.39 is 5.97 Å². The number of carbonyl (C=O) groups is 1. The summed E-state index contributed by atoms with van der Waals surface area (Å²) in [7, 11) is 1.72. The minimum atomic E-state index is -0.964. The summed E-state index contributed by atoms with van der Waals surface area (Å²) >= 11 is 0. The van der Waals surface area contributed by atoms with Gasteiger partial charge in [0.1, 0.15) is 5.75 Å². The third kappa shape index (κ3) is 4.46. The van der Waals surface area contributed by atoms with Gasteiger partial charge in [0.15, 0.2) is 0 Å². The minimum absolute atomic E-state index is 0.0832. The SMILES string of the molecule is COc1cc(C(C)C)ccc1-c1ccc2c(c1)CCN[C@@H]2CNc1cnccc1C(=O)O. The van der Waals surface area contributed by atoms with Crippen LogP contribution in [-0.2, 0) is 6.42 Å². The van der Waals surface area contributed by atoms with E-state index in [-0.39, 0.29) is 11.6 Å². The number of hydrogen-bond donors (Lipinski definition) is 3. The van der Waals surface area contributed by atoms with Crippen molar-refractivity contribution in [2.75, 3.05) is 25.5 Å². The number of hydrogen-bond acceptors (Lipinski definition) is 5. The van der Waals surface area contributed by atoms with Crippen molar-refractivity contribution in [3.63, 3.8) is 0 Å². The van der Waals surface area contributed by atoms with Crippen LogP contribution in [0.25, 0.3) is 11.1 Å². The van der Waals surface area contributed by atoms with Crippen LogP contribution in [0, 0.1) is 0 Å². The summed E-state index contributed by atoms with van der Waals surface area (Å²) in [5, 5.41) is 16.2. The first-order chi connectivity index (χ1) is 15.5. The van der Waals surface area contributed by atoms with Crippen molar-refractivity contribution in [1.29, 1.82) is 0 Å². The van der Waals surface area contributed by atoms with E-state index in [1.165, 1.54) is 29.0 Å². The molecule has 6 nitrogen and oxygen atoms in total. The van der Waals surface area contributed by atoms with Gasteiger partial charge in [-0.25, -0.2) is 4.79 Å². The monoisotopic (exact) mass is 431 g/mol. The average Bonchev–Trinajstić information content (AvgIpc) is 2.81. The lowest BCUT2D eigenvalue weighted by molar-refractivity contribution is 0.0697. The van der Waals surface area contributed by atoms with Gasteiger partial charge in [-0.05, 0) is 53.3 Å². The molecule has 0 fully saturated rings. The fraction of sp³-hybridized carbons (Fsp3) is 0.308. The van der Waals surface area contributed by atoms with Crippen LogP contribution in [0.1, 0.15) is 52.9 Å². The maximum atomic E-state index is 11.5. The van der Waals surface area contributed by atoms with E-state index in [2.05, 4.69) is 65.9 Å². The zero-order chi connectivity index (χ0) is 22.7. The van der Waals surface area contributed by atoms with E-state index in [0.717, 1.165) is 29.8 Å². The van der Waals surface area contributed by atoms with Crippen molar-refractivity contribution in [2.24, 2.45) is 0 Å². The third-order valence-electron chi connectivity index (χ3n) is 6.05. The van der Waals surface area contributed by atoms with Gasteiger partial charge in [0.25, 0.3) is 0 Å². The van der Waals surface area contributed by atoms with Gasteiger partial charge in [-0.1, -0.05) is 44.2 Å². The van der Waals surface area contributed by atoms with Crippen LogP contribution in [0.4, 0.5) is 5.69 Å². The molecule has 2 aromatic carbocycles. The Hall–Kier alpha value is -3.38. The summed E-state index contributed by atoms with van der Waals surface area (Å²) in [5.74, 6) is 0.373. The second-order valence-electron chi connectivity index (χ2n) is 8.39. The number of ether oxygens (including phenoxy) is 1. The molecule has 0 aliphatic carbocycles. The number of benzene rings is 2. The Bertz CT molecular complexity index is 1130. The van der Waals surface area contributed by atoms with Crippen LogP contribution in [0.3, 0.4) is 0 Å². The highest BCUT2D eigenvalue weighted by atomic mass is 16.5. The molecule has 6 heteroatoms. The number of nitrogens with zero attached hydrogens (tertiary/aromatic N) is 1. The van der Waals surface area contributed by atoms with Crippen molar-refractivity contribution >= 4 is 11.7 Å². The molecule has 1 aliphatic rings. The fourth-order valence-corrected chi connectivity index (χ4v) is 4.24. The Morgan fingerprint density at radius 3 is 2.84 bits per heavy atom. The van der Waals surface area contributed by atoms with E-state index >= 15 is 0 Å². The first-order valence-corrected chi connectivity index (χ1v) is 10.9. The molecule has 1 aromatic heterocycles. The normalized spacial score (nSPS) is 15.3. The molecule has 166 valence electrons.